The van der Waals surface area contributed by atoms with Crippen LogP contribution in [0.15, 0.2) is 89.3 Å². The molecule has 148 valence electrons. The molecule has 0 N–H and O–H groups in total. The molecule has 4 aromatic carbocycles. The molecule has 0 atom stereocenters. The summed E-state index contributed by atoms with van der Waals surface area (Å²) < 4.78 is 11.3. The fraction of sp³-hybridized carbons (Fsp3) is 0.107. The molecule has 0 saturated heterocycles. The van der Waals surface area contributed by atoms with E-state index in [2.05, 4.69) is 101 Å². The molecule has 0 fully saturated rings. The minimum Gasteiger partial charge on any atom is -0.456 e. The second-order valence-corrected chi connectivity index (χ2v) is 8.27. The molecule has 0 radical (unpaired) electrons. The molecule has 2 aliphatic rings. The first-order valence-corrected chi connectivity index (χ1v) is 10.9. The first-order chi connectivity index (χ1) is 15.4. The first kappa shape index (κ1) is 16.9. The van der Waals surface area contributed by atoms with Gasteiger partial charge in [0.1, 0.15) is 17.7 Å². The van der Waals surface area contributed by atoms with Crippen LogP contribution in [0.4, 0.5) is 0 Å². The number of benzene rings is 4. The van der Waals surface area contributed by atoms with Gasteiger partial charge >= 0.3 is 0 Å². The van der Waals surface area contributed by atoms with E-state index in [1.54, 1.807) is 0 Å². The van der Waals surface area contributed by atoms with Crippen molar-refractivity contribution in [1.29, 1.82) is 0 Å². The van der Waals surface area contributed by atoms with Crippen molar-refractivity contribution in [2.24, 2.45) is 0 Å². The third-order valence-corrected chi connectivity index (χ3v) is 6.52. The maximum absolute atomic E-state index is 6.49. The van der Waals surface area contributed by atoms with Gasteiger partial charge < -0.3 is 8.98 Å². The van der Waals surface area contributed by atoms with E-state index in [0.717, 1.165) is 29.8 Å². The first-order valence-electron chi connectivity index (χ1n) is 10.9. The number of rotatable bonds is 3. The maximum Gasteiger partial charge on any atom is 0.217 e. The molecule has 7 rings (SSSR count). The van der Waals surface area contributed by atoms with E-state index in [9.17, 15) is 0 Å². The van der Waals surface area contributed by atoms with Gasteiger partial charge in [0.2, 0.25) is 11.0 Å². The van der Waals surface area contributed by atoms with Crippen LogP contribution in [-0.2, 0) is 6.54 Å². The normalized spacial score (nSPS) is 12.3. The minimum atomic E-state index is 0.933. The van der Waals surface area contributed by atoms with Gasteiger partial charge in [-0.15, -0.1) is 0 Å². The monoisotopic (exact) mass is 401 g/mol. The fourth-order valence-electron chi connectivity index (χ4n) is 5.39. The molecule has 3 heteroatoms. The van der Waals surface area contributed by atoms with E-state index in [4.69, 9.17) is 4.42 Å². The van der Waals surface area contributed by atoms with Crippen molar-refractivity contribution < 1.29 is 8.98 Å². The van der Waals surface area contributed by atoms with E-state index < -0.39 is 0 Å². The van der Waals surface area contributed by atoms with Crippen molar-refractivity contribution in [2.45, 2.75) is 19.9 Å². The van der Waals surface area contributed by atoms with Crippen LogP contribution < -0.4 is 4.57 Å². The molecule has 2 aliphatic heterocycles. The highest BCUT2D eigenvalue weighted by molar-refractivity contribution is 6.23. The summed E-state index contributed by atoms with van der Waals surface area (Å²) in [4.78, 5) is 0. The summed E-state index contributed by atoms with van der Waals surface area (Å²) in [7, 11) is 0. The average molecular weight is 401 g/mol. The molecule has 5 aromatic rings. The molecule has 0 spiro atoms. The number of hydrogen-bond acceptors (Lipinski definition) is 1. The van der Waals surface area contributed by atoms with Gasteiger partial charge in [-0.05, 0) is 36.4 Å². The van der Waals surface area contributed by atoms with E-state index >= 15 is 0 Å². The minimum absolute atomic E-state index is 0.933. The second-order valence-electron chi connectivity index (χ2n) is 8.27. The zero-order valence-electron chi connectivity index (χ0n) is 17.3. The van der Waals surface area contributed by atoms with Crippen molar-refractivity contribution in [3.63, 3.8) is 0 Å². The Morgan fingerprint density at radius 1 is 0.677 bits per heavy atom. The van der Waals surface area contributed by atoms with Crippen LogP contribution in [0.5, 0.6) is 0 Å². The predicted molar refractivity (Wildman–Crippen MR) is 126 cm³/mol. The molecule has 0 aliphatic carbocycles. The van der Waals surface area contributed by atoms with Gasteiger partial charge in [-0.25, -0.2) is 0 Å². The zero-order chi connectivity index (χ0) is 20.5. The van der Waals surface area contributed by atoms with Crippen LogP contribution in [-0.4, -0.2) is 4.57 Å². The number of nitrogens with zero attached hydrogens (tertiary/aromatic N) is 2. The van der Waals surface area contributed by atoms with Gasteiger partial charge in [-0.1, -0.05) is 43.3 Å². The number of aryl methyl sites for hydroxylation is 1. The van der Waals surface area contributed by atoms with Crippen molar-refractivity contribution in [2.75, 3.05) is 0 Å². The third kappa shape index (κ3) is 2.10. The summed E-state index contributed by atoms with van der Waals surface area (Å²) >= 11 is 0. The molecular weight excluding hydrogens is 380 g/mol. The topological polar surface area (TPSA) is 21.9 Å². The maximum atomic E-state index is 6.49. The molecule has 0 bridgehead atoms. The zero-order valence-corrected chi connectivity index (χ0v) is 17.3. The Morgan fingerprint density at radius 3 is 2.23 bits per heavy atom. The average Bonchev–Trinajstić information content (AvgIpc) is 2.82. The van der Waals surface area contributed by atoms with Crippen molar-refractivity contribution in [3.05, 3.63) is 84.9 Å². The lowest BCUT2D eigenvalue weighted by Crippen LogP contribution is -2.36. The Balaban J connectivity index is 1.87. The smallest absolute Gasteiger partial charge is 0.217 e. The van der Waals surface area contributed by atoms with Gasteiger partial charge in [0.15, 0.2) is 0 Å². The Morgan fingerprint density at radius 2 is 1.39 bits per heavy atom. The summed E-state index contributed by atoms with van der Waals surface area (Å²) in [6.07, 6.45) is 1.08. The van der Waals surface area contributed by atoms with E-state index in [0.29, 0.717) is 0 Å². The van der Waals surface area contributed by atoms with Crippen LogP contribution in [0.3, 0.4) is 0 Å². The SMILES string of the molecule is CCC[n+]1c2cccc3oc4cccc5c4-c(c32)c2c(cccc21)n5-c1ccccc1. The van der Waals surface area contributed by atoms with Crippen molar-refractivity contribution in [1.82, 2.24) is 4.57 Å². The molecule has 31 heavy (non-hydrogen) atoms. The standard InChI is InChI=1S/C28H21N2O/c1-2-17-29-19-11-6-13-21-25(19)28-26-20(29)12-7-15-23(26)31-24-16-8-14-22(27(24)28)30(21)18-9-4-3-5-10-18/h3-16H,2,17H2,1H3/q+1. The molecule has 0 saturated carbocycles. The summed E-state index contributed by atoms with van der Waals surface area (Å²) in [5.74, 6) is 0. The predicted octanol–water partition coefficient (Wildman–Crippen LogP) is 6.92. The number of pyridine rings is 2. The number of hydrogen-bond donors (Lipinski definition) is 0. The van der Waals surface area contributed by atoms with Gasteiger partial charge in [0.25, 0.3) is 0 Å². The van der Waals surface area contributed by atoms with Gasteiger partial charge in [-0.2, -0.15) is 4.57 Å². The van der Waals surface area contributed by atoms with Crippen LogP contribution in [0.25, 0.3) is 60.8 Å². The number of para-hydroxylation sites is 1. The highest BCUT2D eigenvalue weighted by atomic mass is 16.3. The lowest BCUT2D eigenvalue weighted by Gasteiger charge is -2.24. The molecular formula is C28H21N2O+. The summed E-state index contributed by atoms with van der Waals surface area (Å²) in [6.45, 7) is 3.21. The van der Waals surface area contributed by atoms with E-state index in [1.165, 1.54) is 44.0 Å². The molecule has 1 aromatic heterocycles. The lowest BCUT2D eigenvalue weighted by molar-refractivity contribution is -0.645. The summed E-state index contributed by atoms with van der Waals surface area (Å²) in [5.41, 5.74) is 10.5. The highest BCUT2D eigenvalue weighted by Crippen LogP contribution is 2.47. The van der Waals surface area contributed by atoms with Gasteiger partial charge in [0.05, 0.1) is 27.4 Å². The fourth-order valence-corrected chi connectivity index (χ4v) is 5.39. The third-order valence-electron chi connectivity index (χ3n) is 6.52. The van der Waals surface area contributed by atoms with Crippen LogP contribution in [0.2, 0.25) is 0 Å². The van der Waals surface area contributed by atoms with Crippen LogP contribution >= 0.6 is 0 Å². The molecule has 3 nitrogen and oxygen atoms in total. The van der Waals surface area contributed by atoms with Crippen LogP contribution in [0, 0.1) is 0 Å². The molecule has 0 unspecified atom stereocenters. The number of aromatic nitrogens is 2. The highest BCUT2D eigenvalue weighted by Gasteiger charge is 2.31. The largest absolute Gasteiger partial charge is 0.456 e. The Bertz CT molecular complexity index is 1690. The molecule has 3 heterocycles. The van der Waals surface area contributed by atoms with Crippen LogP contribution in [0.1, 0.15) is 13.3 Å². The van der Waals surface area contributed by atoms with Gasteiger partial charge in [-0.3, -0.25) is 0 Å². The quantitative estimate of drug-likeness (QED) is 0.179. The Labute approximate surface area is 179 Å². The second kappa shape index (κ2) is 6.08. The Kier molecular flexibility index (Phi) is 3.31. The van der Waals surface area contributed by atoms with Gasteiger partial charge in [0, 0.05) is 29.8 Å². The van der Waals surface area contributed by atoms with E-state index in [-0.39, 0.29) is 0 Å². The van der Waals surface area contributed by atoms with E-state index in [1.807, 2.05) is 0 Å². The molecule has 0 amide bonds. The summed E-state index contributed by atoms with van der Waals surface area (Å²) in [5, 5.41) is 2.53. The lowest BCUT2D eigenvalue weighted by atomic mass is 9.90. The van der Waals surface area contributed by atoms with Crippen molar-refractivity contribution >= 4 is 44.0 Å². The summed E-state index contributed by atoms with van der Waals surface area (Å²) in [6, 6.07) is 30.2. The van der Waals surface area contributed by atoms with Crippen molar-refractivity contribution in [3.8, 4) is 16.8 Å². The Hall–Kier alpha value is -3.85.